The van der Waals surface area contributed by atoms with Crippen LogP contribution in [0, 0.1) is 0 Å². The molecule has 26 heavy (non-hydrogen) atoms. The van der Waals surface area contributed by atoms with Gasteiger partial charge in [0.15, 0.2) is 0 Å². The lowest BCUT2D eigenvalue weighted by atomic mass is 9.90. The van der Waals surface area contributed by atoms with Crippen LogP contribution < -0.4 is 0 Å². The summed E-state index contributed by atoms with van der Waals surface area (Å²) in [6, 6.07) is -5.59. The number of hydrogen-bond acceptors (Lipinski definition) is 1. The first-order valence-electron chi connectivity index (χ1n) is 7.38. The maximum Gasteiger partial charge on any atom is 0.425 e. The van der Waals surface area contributed by atoms with Crippen molar-refractivity contribution in [3.63, 3.8) is 0 Å². The molecule has 1 saturated heterocycles. The fourth-order valence-electron chi connectivity index (χ4n) is 2.87. The van der Waals surface area contributed by atoms with Crippen molar-refractivity contribution in [3.8, 4) is 0 Å². The molecule has 1 heterocycles. The van der Waals surface area contributed by atoms with Gasteiger partial charge in [-0.15, -0.1) is 0 Å². The Morgan fingerprint density at radius 3 is 1.65 bits per heavy atom. The molecule has 13 heteroatoms. The molecule has 1 nitrogen and oxygen atoms in total. The summed E-state index contributed by atoms with van der Waals surface area (Å²) in [6.07, 6.45) is -22.6. The largest absolute Gasteiger partial charge is 0.425 e. The molecular weight excluding hydrogens is 398 g/mol. The van der Waals surface area contributed by atoms with Crippen molar-refractivity contribution in [3.05, 3.63) is 0 Å². The van der Waals surface area contributed by atoms with Crippen LogP contribution in [0.3, 0.4) is 0 Å². The molecule has 0 radical (unpaired) electrons. The van der Waals surface area contributed by atoms with E-state index in [2.05, 4.69) is 0 Å². The van der Waals surface area contributed by atoms with Gasteiger partial charge in [-0.05, 0) is 26.3 Å². The van der Waals surface area contributed by atoms with Crippen LogP contribution in [0.2, 0.25) is 0 Å². The van der Waals surface area contributed by atoms with Gasteiger partial charge in [-0.25, -0.2) is 26.3 Å². The highest BCUT2D eigenvalue weighted by Crippen LogP contribution is 2.45. The maximum atomic E-state index is 13.9. The Bertz CT molecular complexity index is 471. The first kappa shape index (κ1) is 23.2. The number of halogens is 12. The quantitative estimate of drug-likeness (QED) is 0.553. The molecule has 4 unspecified atom stereocenters. The highest BCUT2D eigenvalue weighted by atomic mass is 19.4. The average Bonchev–Trinajstić information content (AvgIpc) is 2.50. The molecule has 156 valence electrons. The molecule has 0 aromatic carbocycles. The molecule has 1 aliphatic rings. The summed E-state index contributed by atoms with van der Waals surface area (Å²) < 4.78 is 156. The van der Waals surface area contributed by atoms with Gasteiger partial charge in [-0.1, -0.05) is 6.42 Å². The number of nitrogens with zero attached hydrogens (tertiary/aromatic N) is 1. The van der Waals surface area contributed by atoms with Gasteiger partial charge < -0.3 is 0 Å². The molecule has 0 bridgehead atoms. The third-order valence-electron chi connectivity index (χ3n) is 4.29. The fraction of sp³-hybridized carbons (Fsp3) is 1.00. The topological polar surface area (TPSA) is 3.24 Å². The lowest BCUT2D eigenvalue weighted by molar-refractivity contribution is -0.281. The van der Waals surface area contributed by atoms with E-state index in [1.54, 1.807) is 0 Å². The van der Waals surface area contributed by atoms with E-state index in [1.807, 2.05) is 0 Å². The summed E-state index contributed by atoms with van der Waals surface area (Å²) in [5.74, 6) is -10.4. The summed E-state index contributed by atoms with van der Waals surface area (Å²) in [5, 5.41) is 0. The van der Waals surface area contributed by atoms with E-state index in [9.17, 15) is 52.7 Å². The van der Waals surface area contributed by atoms with Crippen LogP contribution in [0.1, 0.15) is 26.2 Å². The van der Waals surface area contributed by atoms with Crippen LogP contribution in [0.4, 0.5) is 52.7 Å². The van der Waals surface area contributed by atoms with Gasteiger partial charge in [0.25, 0.3) is 12.3 Å². The second-order valence-corrected chi connectivity index (χ2v) is 6.08. The van der Waals surface area contributed by atoms with E-state index in [1.165, 1.54) is 0 Å². The second-order valence-electron chi connectivity index (χ2n) is 6.08. The number of alkyl halides is 12. The third kappa shape index (κ3) is 4.50. The van der Waals surface area contributed by atoms with Gasteiger partial charge >= 0.3 is 24.2 Å². The molecular formula is C13H15F12N. The first-order valence-corrected chi connectivity index (χ1v) is 7.38. The van der Waals surface area contributed by atoms with Crippen LogP contribution in [-0.2, 0) is 0 Å². The predicted molar refractivity (Wildman–Crippen MR) is 65.6 cm³/mol. The lowest BCUT2D eigenvalue weighted by Gasteiger charge is -2.46. The minimum absolute atomic E-state index is 0.0693. The van der Waals surface area contributed by atoms with Gasteiger partial charge in [0.1, 0.15) is 0 Å². The molecule has 1 fully saturated rings. The van der Waals surface area contributed by atoms with Crippen molar-refractivity contribution in [2.45, 2.75) is 74.8 Å². The van der Waals surface area contributed by atoms with Crippen LogP contribution in [-0.4, -0.2) is 60.1 Å². The van der Waals surface area contributed by atoms with Crippen molar-refractivity contribution in [2.24, 2.45) is 0 Å². The highest BCUT2D eigenvalue weighted by molar-refractivity contribution is 5.01. The maximum absolute atomic E-state index is 13.9. The number of piperidine rings is 1. The molecule has 0 N–H and O–H groups in total. The Balaban J connectivity index is 3.19. The van der Waals surface area contributed by atoms with Crippen LogP contribution >= 0.6 is 0 Å². The van der Waals surface area contributed by atoms with Gasteiger partial charge in [0, 0.05) is 0 Å². The Morgan fingerprint density at radius 2 is 1.23 bits per heavy atom. The molecule has 1 aliphatic heterocycles. The predicted octanol–water partition coefficient (Wildman–Crippen LogP) is 5.30. The van der Waals surface area contributed by atoms with Crippen LogP contribution in [0.15, 0.2) is 0 Å². The van der Waals surface area contributed by atoms with E-state index in [4.69, 9.17) is 0 Å². The minimum atomic E-state index is -6.01. The van der Waals surface area contributed by atoms with E-state index < -0.39 is 61.6 Å². The summed E-state index contributed by atoms with van der Waals surface area (Å²) >= 11 is 0. The van der Waals surface area contributed by atoms with Gasteiger partial charge in [0.2, 0.25) is 0 Å². The van der Waals surface area contributed by atoms with E-state index >= 15 is 0 Å². The molecule has 0 aromatic heterocycles. The average molecular weight is 413 g/mol. The standard InChI is InChI=1S/C13H15F12N/c1-6(10(16,17)8(14)12(20,21)22)26-5-3-2-4-7(26)11(18,19)9(15)13(23,24)25/h6-9H,2-5H2,1H3. The molecule has 0 spiro atoms. The highest BCUT2D eigenvalue weighted by Gasteiger charge is 2.65. The van der Waals surface area contributed by atoms with Crippen molar-refractivity contribution >= 4 is 0 Å². The third-order valence-corrected chi connectivity index (χ3v) is 4.29. The SMILES string of the molecule is CC(N1CCCCC1C(F)(F)C(F)C(F)(F)F)C(F)(F)C(F)C(F)(F)F. The van der Waals surface area contributed by atoms with E-state index in [0.717, 1.165) is 0 Å². The molecule has 0 aliphatic carbocycles. The second kappa shape index (κ2) is 7.27. The van der Waals surface area contributed by atoms with Crippen molar-refractivity contribution in [1.29, 1.82) is 0 Å². The summed E-state index contributed by atoms with van der Waals surface area (Å²) in [7, 11) is 0. The molecule has 4 atom stereocenters. The fourth-order valence-corrected chi connectivity index (χ4v) is 2.87. The summed E-state index contributed by atoms with van der Waals surface area (Å²) in [4.78, 5) is -0.0693. The molecule has 0 aromatic rings. The van der Waals surface area contributed by atoms with Crippen LogP contribution in [0.25, 0.3) is 0 Å². The van der Waals surface area contributed by atoms with Gasteiger partial charge in [-0.2, -0.15) is 26.3 Å². The smallest absolute Gasteiger partial charge is 0.286 e. The monoisotopic (exact) mass is 413 g/mol. The summed E-state index contributed by atoms with van der Waals surface area (Å²) in [6.45, 7) is -0.473. The molecule has 0 saturated carbocycles. The molecule has 0 amide bonds. The zero-order chi connectivity index (χ0) is 20.7. The van der Waals surface area contributed by atoms with Crippen LogP contribution in [0.5, 0.6) is 0 Å². The van der Waals surface area contributed by atoms with E-state index in [0.29, 0.717) is 0 Å². The lowest BCUT2D eigenvalue weighted by Crippen LogP contribution is -2.64. The van der Waals surface area contributed by atoms with Crippen molar-refractivity contribution < 1.29 is 52.7 Å². The normalized spacial score (nSPS) is 25.0. The van der Waals surface area contributed by atoms with Crippen molar-refractivity contribution in [1.82, 2.24) is 4.90 Å². The molecule has 1 rings (SSSR count). The number of hydrogen-bond donors (Lipinski definition) is 0. The van der Waals surface area contributed by atoms with Gasteiger partial charge in [-0.3, -0.25) is 4.90 Å². The number of rotatable bonds is 5. The Kier molecular flexibility index (Phi) is 6.47. The zero-order valence-electron chi connectivity index (χ0n) is 13.1. The zero-order valence-corrected chi connectivity index (χ0v) is 13.1. The van der Waals surface area contributed by atoms with Crippen molar-refractivity contribution in [2.75, 3.05) is 6.54 Å². The Morgan fingerprint density at radius 1 is 0.769 bits per heavy atom. The number of likely N-dealkylation sites (tertiary alicyclic amines) is 1. The Hall–Kier alpha value is -0.880. The van der Waals surface area contributed by atoms with Gasteiger partial charge in [0.05, 0.1) is 12.1 Å². The summed E-state index contributed by atoms with van der Waals surface area (Å²) in [5.41, 5.74) is 0. The Labute approximate surface area is 140 Å². The minimum Gasteiger partial charge on any atom is -0.286 e. The van der Waals surface area contributed by atoms with E-state index in [-0.39, 0.29) is 24.7 Å². The first-order chi connectivity index (χ1) is 11.4.